The molecule has 0 radical (unpaired) electrons. The molecule has 25 heavy (non-hydrogen) atoms. The molecule has 1 amide bonds. The molecule has 2 rings (SSSR count). The van der Waals surface area contributed by atoms with E-state index in [1.807, 2.05) is 0 Å². The van der Waals surface area contributed by atoms with Crippen LogP contribution in [0.5, 0.6) is 0 Å². The van der Waals surface area contributed by atoms with E-state index >= 15 is 0 Å². The van der Waals surface area contributed by atoms with E-state index in [1.165, 1.54) is 37.1 Å². The van der Waals surface area contributed by atoms with Gasteiger partial charge in [-0.3, -0.25) is 15.6 Å². The number of sulfone groups is 1. The number of thiocarbonyl (C=S) groups is 1. The molecule has 0 unspecified atom stereocenters. The van der Waals surface area contributed by atoms with Crippen LogP contribution in [0.4, 0.5) is 0 Å². The van der Waals surface area contributed by atoms with Crippen molar-refractivity contribution in [3.8, 4) is 0 Å². The van der Waals surface area contributed by atoms with Crippen molar-refractivity contribution in [2.75, 3.05) is 6.26 Å². The third kappa shape index (κ3) is 5.40. The zero-order chi connectivity index (χ0) is 18.6. The summed E-state index contributed by atoms with van der Waals surface area (Å²) < 4.78 is 22.9. The number of amides is 1. The molecule has 0 aromatic heterocycles. The Morgan fingerprint density at radius 2 is 1.76 bits per heavy atom. The standard InChI is InChI=1S/C17H25N3O3S2/c1-11-5-4-6-15(12(11)2)18-17(24)20-19-16(21)13-7-9-14(10-8-13)25(3,22)23/h7-12,15H,4-6H2,1-3H3,(H,19,21)(H2,18,20,24)/t11-,12+,15+/m0/s1. The highest BCUT2D eigenvalue weighted by Crippen LogP contribution is 2.29. The van der Waals surface area contributed by atoms with E-state index in [2.05, 4.69) is 30.0 Å². The molecule has 1 aliphatic carbocycles. The zero-order valence-corrected chi connectivity index (χ0v) is 16.3. The first kappa shape index (κ1) is 19.7. The molecule has 0 bridgehead atoms. The first-order valence-corrected chi connectivity index (χ1v) is 10.7. The van der Waals surface area contributed by atoms with Gasteiger partial charge in [-0.1, -0.05) is 26.7 Å². The average Bonchev–Trinajstić information content (AvgIpc) is 2.56. The van der Waals surface area contributed by atoms with Gasteiger partial charge in [0.05, 0.1) is 4.90 Å². The second-order valence-electron chi connectivity index (χ2n) is 6.72. The lowest BCUT2D eigenvalue weighted by Crippen LogP contribution is -2.52. The second kappa shape index (κ2) is 8.14. The Bertz CT molecular complexity index is 732. The second-order valence-corrected chi connectivity index (χ2v) is 9.15. The number of hydrogen-bond donors (Lipinski definition) is 3. The highest BCUT2D eigenvalue weighted by molar-refractivity contribution is 7.90. The van der Waals surface area contributed by atoms with Crippen LogP contribution in [0, 0.1) is 11.8 Å². The molecule has 0 heterocycles. The molecule has 0 saturated heterocycles. The molecule has 1 fully saturated rings. The maximum absolute atomic E-state index is 12.1. The third-order valence-electron chi connectivity index (χ3n) is 4.86. The summed E-state index contributed by atoms with van der Waals surface area (Å²) in [6, 6.07) is 6.05. The Kier molecular flexibility index (Phi) is 6.40. The molecule has 1 saturated carbocycles. The van der Waals surface area contributed by atoms with Gasteiger partial charge in [0.15, 0.2) is 14.9 Å². The summed E-state index contributed by atoms with van der Waals surface area (Å²) in [6.07, 6.45) is 4.60. The molecule has 138 valence electrons. The summed E-state index contributed by atoms with van der Waals surface area (Å²) in [5.74, 6) is 0.791. The molecule has 0 spiro atoms. The fourth-order valence-electron chi connectivity index (χ4n) is 3.03. The van der Waals surface area contributed by atoms with E-state index in [1.54, 1.807) is 0 Å². The van der Waals surface area contributed by atoms with Crippen LogP contribution >= 0.6 is 12.2 Å². The monoisotopic (exact) mass is 383 g/mol. The predicted molar refractivity (Wildman–Crippen MR) is 102 cm³/mol. The predicted octanol–water partition coefficient (Wildman–Crippen LogP) is 2.02. The maximum atomic E-state index is 12.1. The molecule has 1 aromatic rings. The van der Waals surface area contributed by atoms with Gasteiger partial charge in [-0.2, -0.15) is 0 Å². The summed E-state index contributed by atoms with van der Waals surface area (Å²) in [4.78, 5) is 12.3. The molecule has 3 atom stereocenters. The molecule has 1 aromatic carbocycles. The smallest absolute Gasteiger partial charge is 0.269 e. The van der Waals surface area contributed by atoms with Crippen LogP contribution in [0.3, 0.4) is 0 Å². The van der Waals surface area contributed by atoms with Crippen LogP contribution in [0.25, 0.3) is 0 Å². The summed E-state index contributed by atoms with van der Waals surface area (Å²) in [7, 11) is -3.28. The van der Waals surface area contributed by atoms with Gasteiger partial charge in [-0.25, -0.2) is 8.42 Å². The van der Waals surface area contributed by atoms with E-state index in [0.29, 0.717) is 28.6 Å². The average molecular weight is 384 g/mol. The topological polar surface area (TPSA) is 87.3 Å². The van der Waals surface area contributed by atoms with Crippen molar-refractivity contribution in [3.63, 3.8) is 0 Å². The Morgan fingerprint density at radius 1 is 1.12 bits per heavy atom. The number of benzene rings is 1. The largest absolute Gasteiger partial charge is 0.358 e. The number of carbonyl (C=O) groups excluding carboxylic acids is 1. The summed E-state index contributed by atoms with van der Waals surface area (Å²) in [5, 5.41) is 3.64. The van der Waals surface area contributed by atoms with Crippen molar-refractivity contribution >= 4 is 33.1 Å². The van der Waals surface area contributed by atoms with Crippen molar-refractivity contribution in [1.29, 1.82) is 0 Å². The van der Waals surface area contributed by atoms with Crippen molar-refractivity contribution in [3.05, 3.63) is 29.8 Å². The minimum absolute atomic E-state index is 0.176. The number of hydrogen-bond acceptors (Lipinski definition) is 4. The van der Waals surface area contributed by atoms with Gasteiger partial charge in [0, 0.05) is 17.9 Å². The lowest BCUT2D eigenvalue weighted by molar-refractivity contribution is 0.0943. The molecule has 3 N–H and O–H groups in total. The Balaban J connectivity index is 1.86. The lowest BCUT2D eigenvalue weighted by atomic mass is 9.78. The molecule has 8 heteroatoms. The van der Waals surface area contributed by atoms with Gasteiger partial charge in [0.25, 0.3) is 5.91 Å². The van der Waals surface area contributed by atoms with Gasteiger partial charge >= 0.3 is 0 Å². The molecular formula is C17H25N3O3S2. The first-order chi connectivity index (χ1) is 11.7. The van der Waals surface area contributed by atoms with Crippen LogP contribution in [-0.4, -0.2) is 31.7 Å². The van der Waals surface area contributed by atoms with Crippen LogP contribution < -0.4 is 16.2 Å². The van der Waals surface area contributed by atoms with E-state index in [-0.39, 0.29) is 10.8 Å². The van der Waals surface area contributed by atoms with Gasteiger partial charge in [-0.15, -0.1) is 0 Å². The Labute approximate surface area is 154 Å². The van der Waals surface area contributed by atoms with Crippen molar-refractivity contribution < 1.29 is 13.2 Å². The van der Waals surface area contributed by atoms with Crippen molar-refractivity contribution in [2.24, 2.45) is 11.8 Å². The molecular weight excluding hydrogens is 358 g/mol. The number of rotatable bonds is 3. The first-order valence-electron chi connectivity index (χ1n) is 8.35. The minimum Gasteiger partial charge on any atom is -0.358 e. The van der Waals surface area contributed by atoms with Crippen LogP contribution in [-0.2, 0) is 9.84 Å². The van der Waals surface area contributed by atoms with E-state index < -0.39 is 9.84 Å². The zero-order valence-electron chi connectivity index (χ0n) is 14.7. The summed E-state index contributed by atoms with van der Waals surface area (Å²) in [6.45, 7) is 4.46. The number of nitrogens with one attached hydrogen (secondary N) is 3. The summed E-state index contributed by atoms with van der Waals surface area (Å²) >= 11 is 5.25. The van der Waals surface area contributed by atoms with Crippen LogP contribution in [0.1, 0.15) is 43.5 Å². The van der Waals surface area contributed by atoms with Crippen molar-refractivity contribution in [2.45, 2.75) is 44.0 Å². The SMILES string of the molecule is C[C@@H]1[C@@H](C)CCC[C@H]1NC(=S)NNC(=O)c1ccc(S(C)(=O)=O)cc1. The van der Waals surface area contributed by atoms with E-state index in [9.17, 15) is 13.2 Å². The Morgan fingerprint density at radius 3 is 2.36 bits per heavy atom. The van der Waals surface area contributed by atoms with E-state index in [4.69, 9.17) is 12.2 Å². The van der Waals surface area contributed by atoms with E-state index in [0.717, 1.165) is 12.7 Å². The summed E-state index contributed by atoms with van der Waals surface area (Å²) in [5.41, 5.74) is 5.59. The maximum Gasteiger partial charge on any atom is 0.269 e. The Hall–Kier alpha value is -1.67. The van der Waals surface area contributed by atoms with Crippen LogP contribution in [0.2, 0.25) is 0 Å². The minimum atomic E-state index is -3.28. The van der Waals surface area contributed by atoms with Gasteiger partial charge in [0.2, 0.25) is 0 Å². The normalized spacial score (nSPS) is 23.6. The molecule has 6 nitrogen and oxygen atoms in total. The highest BCUT2D eigenvalue weighted by Gasteiger charge is 2.27. The lowest BCUT2D eigenvalue weighted by Gasteiger charge is -2.35. The van der Waals surface area contributed by atoms with Gasteiger partial charge in [0.1, 0.15) is 0 Å². The van der Waals surface area contributed by atoms with Crippen LogP contribution in [0.15, 0.2) is 29.2 Å². The quantitative estimate of drug-likeness (QED) is 0.547. The number of carbonyl (C=O) groups is 1. The fraction of sp³-hybridized carbons (Fsp3) is 0.529. The van der Waals surface area contributed by atoms with Gasteiger partial charge in [-0.05, 0) is 54.7 Å². The highest BCUT2D eigenvalue weighted by atomic mass is 32.2. The molecule has 0 aliphatic heterocycles. The molecule has 1 aliphatic rings. The van der Waals surface area contributed by atoms with Gasteiger partial charge < -0.3 is 5.32 Å². The van der Waals surface area contributed by atoms with Crippen molar-refractivity contribution in [1.82, 2.24) is 16.2 Å². The number of hydrazine groups is 1. The fourth-order valence-corrected chi connectivity index (χ4v) is 3.86. The third-order valence-corrected chi connectivity index (χ3v) is 6.21.